The van der Waals surface area contributed by atoms with E-state index in [0.29, 0.717) is 18.3 Å². The van der Waals surface area contributed by atoms with Crippen LogP contribution in [0.1, 0.15) is 30.7 Å². The summed E-state index contributed by atoms with van der Waals surface area (Å²) in [5.74, 6) is 1.21. The van der Waals surface area contributed by atoms with Crippen LogP contribution in [0.15, 0.2) is 59.0 Å². The molecule has 0 N–H and O–H groups in total. The van der Waals surface area contributed by atoms with E-state index in [2.05, 4.69) is 51.3 Å². The molecule has 1 aliphatic rings. The Morgan fingerprint density at radius 2 is 1.63 bits per heavy atom. The topological polar surface area (TPSA) is 45.4 Å². The molecule has 27 heavy (non-hydrogen) atoms. The number of aromatic nitrogens is 2. The molecule has 1 aromatic heterocycles. The van der Waals surface area contributed by atoms with Gasteiger partial charge in [0.15, 0.2) is 0 Å². The lowest BCUT2D eigenvalue weighted by molar-refractivity contribution is 0.283. The van der Waals surface area contributed by atoms with Gasteiger partial charge < -0.3 is 9.32 Å². The molecular weight excluding hydrogens is 336 g/mol. The predicted octanol–water partition coefficient (Wildman–Crippen LogP) is 4.36. The molecule has 2 aromatic carbocycles. The summed E-state index contributed by atoms with van der Waals surface area (Å²) in [6.07, 6.45) is 3.97. The van der Waals surface area contributed by atoms with Gasteiger partial charge in [-0.05, 0) is 56.1 Å². The Kier molecular flexibility index (Phi) is 5.49. The molecule has 0 atom stereocenters. The van der Waals surface area contributed by atoms with E-state index in [-0.39, 0.29) is 0 Å². The lowest BCUT2D eigenvalue weighted by Crippen LogP contribution is -2.29. The average Bonchev–Trinajstić information content (AvgIpc) is 3.18. The zero-order chi connectivity index (χ0) is 18.5. The summed E-state index contributed by atoms with van der Waals surface area (Å²) in [5.41, 5.74) is 3.58. The molecule has 5 heteroatoms. The van der Waals surface area contributed by atoms with Crippen LogP contribution in [0, 0.1) is 0 Å². The van der Waals surface area contributed by atoms with Gasteiger partial charge in [-0.25, -0.2) is 0 Å². The highest BCUT2D eigenvalue weighted by Crippen LogP contribution is 2.21. The molecule has 1 aliphatic heterocycles. The van der Waals surface area contributed by atoms with Gasteiger partial charge in [-0.15, -0.1) is 10.2 Å². The fourth-order valence-corrected chi connectivity index (χ4v) is 3.58. The van der Waals surface area contributed by atoms with E-state index in [1.54, 1.807) is 0 Å². The van der Waals surface area contributed by atoms with E-state index in [9.17, 15) is 0 Å². The van der Waals surface area contributed by atoms with Gasteiger partial charge in [-0.2, -0.15) is 0 Å². The molecule has 4 rings (SSSR count). The first-order chi connectivity index (χ1) is 13.3. The van der Waals surface area contributed by atoms with Crippen LogP contribution in [0.2, 0.25) is 0 Å². The van der Waals surface area contributed by atoms with Gasteiger partial charge in [0, 0.05) is 30.9 Å². The highest BCUT2D eigenvalue weighted by molar-refractivity contribution is 5.51. The molecule has 5 nitrogen and oxygen atoms in total. The number of hydrogen-bond donors (Lipinski definition) is 0. The van der Waals surface area contributed by atoms with E-state index in [1.165, 1.54) is 43.6 Å². The number of piperidine rings is 1. The minimum Gasteiger partial charge on any atom is -0.419 e. The number of nitrogens with zero attached hydrogens (tertiary/aromatic N) is 4. The number of benzene rings is 2. The molecule has 140 valence electrons. The highest BCUT2D eigenvalue weighted by Gasteiger charge is 2.12. The molecule has 0 spiro atoms. The third kappa shape index (κ3) is 4.55. The predicted molar refractivity (Wildman–Crippen MR) is 107 cm³/mol. The van der Waals surface area contributed by atoms with Crippen LogP contribution in [0.5, 0.6) is 0 Å². The molecule has 0 bridgehead atoms. The van der Waals surface area contributed by atoms with Gasteiger partial charge in [0.1, 0.15) is 0 Å². The first-order valence-corrected chi connectivity index (χ1v) is 9.68. The van der Waals surface area contributed by atoms with E-state index in [1.807, 2.05) is 30.3 Å². The largest absolute Gasteiger partial charge is 0.419 e. The zero-order valence-corrected chi connectivity index (χ0v) is 15.8. The quantitative estimate of drug-likeness (QED) is 0.652. The number of anilines is 1. The van der Waals surface area contributed by atoms with Crippen LogP contribution < -0.4 is 4.90 Å². The van der Waals surface area contributed by atoms with Crippen molar-refractivity contribution in [3.63, 3.8) is 0 Å². The Morgan fingerprint density at radius 3 is 2.37 bits per heavy atom. The normalized spacial score (nSPS) is 14.7. The third-order valence-electron chi connectivity index (χ3n) is 5.00. The van der Waals surface area contributed by atoms with E-state index in [0.717, 1.165) is 12.1 Å². The molecule has 0 radical (unpaired) electrons. The van der Waals surface area contributed by atoms with Gasteiger partial charge in [0.2, 0.25) is 11.8 Å². The summed E-state index contributed by atoms with van der Waals surface area (Å²) < 4.78 is 5.81. The second kappa shape index (κ2) is 8.35. The van der Waals surface area contributed by atoms with Gasteiger partial charge in [-0.1, -0.05) is 30.3 Å². The van der Waals surface area contributed by atoms with Gasteiger partial charge in [-0.3, -0.25) is 4.90 Å². The summed E-state index contributed by atoms with van der Waals surface area (Å²) in [6.45, 7) is 3.84. The molecular formula is C22H26N4O. The molecule has 1 fully saturated rings. The maximum absolute atomic E-state index is 5.81. The van der Waals surface area contributed by atoms with Crippen molar-refractivity contribution in [2.24, 2.45) is 0 Å². The Bertz CT molecular complexity index is 838. The zero-order valence-electron chi connectivity index (χ0n) is 15.8. The highest BCUT2D eigenvalue weighted by atomic mass is 16.4. The lowest BCUT2D eigenvalue weighted by atomic mass is 10.1. The fraction of sp³-hybridized carbons (Fsp3) is 0.364. The minimum atomic E-state index is 0.574. The van der Waals surface area contributed by atoms with E-state index >= 15 is 0 Å². The van der Waals surface area contributed by atoms with Crippen molar-refractivity contribution in [1.82, 2.24) is 15.1 Å². The number of hydrogen-bond acceptors (Lipinski definition) is 5. The molecule has 1 saturated heterocycles. The van der Waals surface area contributed by atoms with Crippen LogP contribution in [-0.2, 0) is 13.1 Å². The van der Waals surface area contributed by atoms with Crippen molar-refractivity contribution in [1.29, 1.82) is 0 Å². The van der Waals surface area contributed by atoms with Crippen LogP contribution in [-0.4, -0.2) is 35.2 Å². The van der Waals surface area contributed by atoms with E-state index < -0.39 is 0 Å². The first-order valence-electron chi connectivity index (χ1n) is 9.68. The van der Waals surface area contributed by atoms with Crippen molar-refractivity contribution in [2.75, 3.05) is 25.0 Å². The van der Waals surface area contributed by atoms with Gasteiger partial charge >= 0.3 is 0 Å². The first kappa shape index (κ1) is 17.7. The molecule has 3 aromatic rings. The molecule has 2 heterocycles. The van der Waals surface area contributed by atoms with Crippen molar-refractivity contribution in [3.8, 4) is 11.5 Å². The third-order valence-corrected chi connectivity index (χ3v) is 5.00. The molecule has 0 amide bonds. The van der Waals surface area contributed by atoms with Crippen LogP contribution in [0.4, 0.5) is 5.69 Å². The Labute approximate surface area is 160 Å². The monoisotopic (exact) mass is 362 g/mol. The van der Waals surface area contributed by atoms with Crippen LogP contribution in [0.25, 0.3) is 11.5 Å². The summed E-state index contributed by atoms with van der Waals surface area (Å²) >= 11 is 0. The maximum atomic E-state index is 5.81. The summed E-state index contributed by atoms with van der Waals surface area (Å²) in [6, 6.07) is 18.8. The van der Waals surface area contributed by atoms with Crippen LogP contribution >= 0.6 is 0 Å². The van der Waals surface area contributed by atoms with Gasteiger partial charge in [0.05, 0.1) is 6.54 Å². The Hall–Kier alpha value is -2.66. The molecule has 0 saturated carbocycles. The van der Waals surface area contributed by atoms with Crippen molar-refractivity contribution < 1.29 is 4.42 Å². The average molecular weight is 362 g/mol. The van der Waals surface area contributed by atoms with Crippen molar-refractivity contribution in [3.05, 3.63) is 66.1 Å². The fourth-order valence-electron chi connectivity index (χ4n) is 3.58. The van der Waals surface area contributed by atoms with E-state index in [4.69, 9.17) is 4.42 Å². The second-order valence-corrected chi connectivity index (χ2v) is 7.25. The number of rotatable bonds is 6. The molecule has 0 aliphatic carbocycles. The van der Waals surface area contributed by atoms with Crippen molar-refractivity contribution in [2.45, 2.75) is 32.4 Å². The maximum Gasteiger partial charge on any atom is 0.247 e. The minimum absolute atomic E-state index is 0.574. The Balaban J connectivity index is 1.34. The summed E-state index contributed by atoms with van der Waals surface area (Å²) in [7, 11) is 2.07. The Morgan fingerprint density at radius 1 is 0.889 bits per heavy atom. The smallest absolute Gasteiger partial charge is 0.247 e. The van der Waals surface area contributed by atoms with Crippen LogP contribution in [0.3, 0.4) is 0 Å². The van der Waals surface area contributed by atoms with Gasteiger partial charge in [0.25, 0.3) is 0 Å². The summed E-state index contributed by atoms with van der Waals surface area (Å²) in [4.78, 5) is 4.68. The molecule has 0 unspecified atom stereocenters. The second-order valence-electron chi connectivity index (χ2n) is 7.25. The summed E-state index contributed by atoms with van der Waals surface area (Å²) in [5, 5.41) is 8.35. The SMILES string of the molecule is CN(Cc1ccc(N2CCCCC2)cc1)Cc1nnc(-c2ccccc2)o1. The standard InChI is InChI=1S/C22H26N4O/c1-25(17-21-23-24-22(27-21)19-8-4-2-5-9-19)16-18-10-12-20(13-11-18)26-14-6-3-7-15-26/h2,4-5,8-13H,3,6-7,14-17H2,1H3. The lowest BCUT2D eigenvalue weighted by Gasteiger charge is -2.29. The van der Waals surface area contributed by atoms with Crippen molar-refractivity contribution >= 4 is 5.69 Å².